The second-order valence-electron chi connectivity index (χ2n) is 11.8. The quantitative estimate of drug-likeness (QED) is 0.187. The average molecular weight is 616 g/mol. The summed E-state index contributed by atoms with van der Waals surface area (Å²) in [5, 5.41) is 0. The van der Waals surface area contributed by atoms with Gasteiger partial charge in [0.25, 0.3) is 0 Å². The summed E-state index contributed by atoms with van der Waals surface area (Å²) in [6.07, 6.45) is 1.79. The monoisotopic (exact) mass is 615 g/mol. The lowest BCUT2D eigenvalue weighted by Gasteiger charge is -2.12. The number of para-hydroxylation sites is 4. The largest absolute Gasteiger partial charge is 0.292 e. The van der Waals surface area contributed by atoms with Crippen molar-refractivity contribution >= 4 is 22.2 Å². The zero-order chi connectivity index (χ0) is 31.9. The molecule has 0 fully saturated rings. The lowest BCUT2D eigenvalue weighted by Crippen LogP contribution is -1.97. The van der Waals surface area contributed by atoms with Crippen molar-refractivity contribution in [1.82, 2.24) is 24.1 Å². The fourth-order valence-corrected chi connectivity index (χ4v) is 6.53. The standard InChI is InChI=1S/C43H29N5/c1-3-16-36(17-4-1)47-39-21-8-7-20-38(39)45-42(47)34-14-9-12-32(28-34)30-23-25-31(26-24-30)33-13-10-15-35(29-33)43-46-41-40(22-11-27-44-41)48(43)37-18-5-2-6-19-37/h1-29H. The fourth-order valence-electron chi connectivity index (χ4n) is 6.53. The third-order valence-electron chi connectivity index (χ3n) is 8.81. The summed E-state index contributed by atoms with van der Waals surface area (Å²) in [5.41, 5.74) is 12.6. The number of hydrogen-bond donors (Lipinski definition) is 0. The molecule has 6 aromatic carbocycles. The van der Waals surface area contributed by atoms with E-state index in [4.69, 9.17) is 9.97 Å². The maximum absolute atomic E-state index is 5.07. The number of benzene rings is 6. The Balaban J connectivity index is 1.07. The van der Waals surface area contributed by atoms with Gasteiger partial charge in [0.15, 0.2) is 5.65 Å². The van der Waals surface area contributed by atoms with Crippen LogP contribution in [0.2, 0.25) is 0 Å². The normalized spacial score (nSPS) is 11.3. The van der Waals surface area contributed by atoms with Gasteiger partial charge in [-0.15, -0.1) is 0 Å². The van der Waals surface area contributed by atoms with E-state index in [1.54, 1.807) is 6.20 Å². The average Bonchev–Trinajstić information content (AvgIpc) is 3.75. The highest BCUT2D eigenvalue weighted by Gasteiger charge is 2.17. The molecule has 0 radical (unpaired) electrons. The van der Waals surface area contributed by atoms with Crippen LogP contribution in [-0.4, -0.2) is 24.1 Å². The van der Waals surface area contributed by atoms with E-state index < -0.39 is 0 Å². The third-order valence-corrected chi connectivity index (χ3v) is 8.81. The molecule has 3 heterocycles. The Morgan fingerprint density at radius 2 is 0.854 bits per heavy atom. The van der Waals surface area contributed by atoms with Gasteiger partial charge < -0.3 is 0 Å². The summed E-state index contributed by atoms with van der Waals surface area (Å²) < 4.78 is 4.43. The van der Waals surface area contributed by atoms with E-state index in [0.717, 1.165) is 78.6 Å². The molecule has 0 aliphatic carbocycles. The first-order chi connectivity index (χ1) is 23.8. The van der Waals surface area contributed by atoms with Gasteiger partial charge in [-0.3, -0.25) is 9.13 Å². The molecular formula is C43H29N5. The first kappa shape index (κ1) is 27.7. The molecule has 9 rings (SSSR count). The Kier molecular flexibility index (Phi) is 6.72. The van der Waals surface area contributed by atoms with Crippen molar-refractivity contribution in [2.45, 2.75) is 0 Å². The van der Waals surface area contributed by atoms with Crippen LogP contribution in [0.15, 0.2) is 176 Å². The molecule has 0 saturated heterocycles. The van der Waals surface area contributed by atoms with E-state index in [2.05, 4.69) is 160 Å². The number of imidazole rings is 2. The molecule has 0 N–H and O–H groups in total. The summed E-state index contributed by atoms with van der Waals surface area (Å²) in [5.74, 6) is 1.79. The Labute approximate surface area is 278 Å². The molecule has 9 aromatic rings. The van der Waals surface area contributed by atoms with E-state index in [1.165, 1.54) is 0 Å². The maximum Gasteiger partial charge on any atom is 0.178 e. The highest BCUT2D eigenvalue weighted by Crippen LogP contribution is 2.34. The van der Waals surface area contributed by atoms with Gasteiger partial charge in [0.2, 0.25) is 0 Å². The first-order valence-electron chi connectivity index (χ1n) is 16.0. The topological polar surface area (TPSA) is 48.5 Å². The van der Waals surface area contributed by atoms with Crippen LogP contribution in [0.1, 0.15) is 0 Å². The highest BCUT2D eigenvalue weighted by molar-refractivity contribution is 5.85. The van der Waals surface area contributed by atoms with Crippen LogP contribution in [0, 0.1) is 0 Å². The summed E-state index contributed by atoms with van der Waals surface area (Å²) >= 11 is 0. The van der Waals surface area contributed by atoms with Gasteiger partial charge in [0, 0.05) is 28.7 Å². The van der Waals surface area contributed by atoms with Crippen LogP contribution in [0.4, 0.5) is 0 Å². The number of aromatic nitrogens is 5. The Hall–Kier alpha value is -6.59. The van der Waals surface area contributed by atoms with Crippen molar-refractivity contribution in [2.75, 3.05) is 0 Å². The molecular weight excluding hydrogens is 587 g/mol. The SMILES string of the molecule is c1ccc(-n2c(-c3cccc(-c4ccc(-c5cccc(-c6nc7ncccc7n6-c6ccccc6)c5)cc4)c3)nc3ccccc32)cc1. The van der Waals surface area contributed by atoms with Gasteiger partial charge in [0.1, 0.15) is 11.6 Å². The minimum atomic E-state index is 0.729. The zero-order valence-corrected chi connectivity index (χ0v) is 26.0. The minimum absolute atomic E-state index is 0.729. The minimum Gasteiger partial charge on any atom is -0.292 e. The van der Waals surface area contributed by atoms with Crippen LogP contribution < -0.4 is 0 Å². The molecule has 0 spiro atoms. The van der Waals surface area contributed by atoms with Gasteiger partial charge in [-0.25, -0.2) is 15.0 Å². The van der Waals surface area contributed by atoms with Crippen LogP contribution in [0.3, 0.4) is 0 Å². The molecule has 5 nitrogen and oxygen atoms in total. The summed E-state index contributed by atoms with van der Waals surface area (Å²) in [6, 6.07) is 59.1. The molecule has 0 saturated carbocycles. The van der Waals surface area contributed by atoms with Crippen molar-refractivity contribution in [2.24, 2.45) is 0 Å². The van der Waals surface area contributed by atoms with Gasteiger partial charge in [-0.1, -0.05) is 109 Å². The highest BCUT2D eigenvalue weighted by atomic mass is 15.1. The van der Waals surface area contributed by atoms with Crippen LogP contribution in [0.5, 0.6) is 0 Å². The molecule has 3 aromatic heterocycles. The van der Waals surface area contributed by atoms with Crippen LogP contribution in [0.25, 0.3) is 78.6 Å². The summed E-state index contributed by atoms with van der Waals surface area (Å²) in [4.78, 5) is 14.6. The molecule has 226 valence electrons. The van der Waals surface area contributed by atoms with E-state index in [9.17, 15) is 0 Å². The zero-order valence-electron chi connectivity index (χ0n) is 26.0. The summed E-state index contributed by atoms with van der Waals surface area (Å²) in [7, 11) is 0. The molecule has 48 heavy (non-hydrogen) atoms. The smallest absolute Gasteiger partial charge is 0.178 e. The Morgan fingerprint density at radius 3 is 1.48 bits per heavy atom. The number of rotatable bonds is 6. The van der Waals surface area contributed by atoms with Crippen molar-refractivity contribution < 1.29 is 0 Å². The van der Waals surface area contributed by atoms with Crippen molar-refractivity contribution in [3.05, 3.63) is 176 Å². The molecule has 0 aliphatic heterocycles. The second-order valence-corrected chi connectivity index (χ2v) is 11.8. The molecule has 0 amide bonds. The summed E-state index contributed by atoms with van der Waals surface area (Å²) in [6.45, 7) is 0. The predicted octanol–water partition coefficient (Wildman–Crippen LogP) is 10.4. The molecule has 0 atom stereocenters. The first-order valence-corrected chi connectivity index (χ1v) is 16.0. The predicted molar refractivity (Wildman–Crippen MR) is 195 cm³/mol. The van der Waals surface area contributed by atoms with Crippen molar-refractivity contribution in [1.29, 1.82) is 0 Å². The van der Waals surface area contributed by atoms with Gasteiger partial charge in [-0.05, 0) is 82.9 Å². The number of nitrogens with zero attached hydrogens (tertiary/aromatic N) is 5. The van der Waals surface area contributed by atoms with Gasteiger partial charge >= 0.3 is 0 Å². The molecule has 0 bridgehead atoms. The number of pyridine rings is 1. The maximum atomic E-state index is 5.07. The fraction of sp³-hybridized carbons (Fsp3) is 0. The Bertz CT molecular complexity index is 2370. The van der Waals surface area contributed by atoms with Gasteiger partial charge in [0.05, 0.1) is 16.6 Å². The number of fused-ring (bicyclic) bond motifs is 2. The lowest BCUT2D eigenvalue weighted by atomic mass is 9.98. The molecule has 0 unspecified atom stereocenters. The molecule has 5 heteroatoms. The van der Waals surface area contributed by atoms with E-state index in [1.807, 2.05) is 24.3 Å². The van der Waals surface area contributed by atoms with E-state index >= 15 is 0 Å². The Morgan fingerprint density at radius 1 is 0.354 bits per heavy atom. The number of hydrogen-bond acceptors (Lipinski definition) is 3. The van der Waals surface area contributed by atoms with E-state index in [0.29, 0.717) is 0 Å². The van der Waals surface area contributed by atoms with Gasteiger partial charge in [-0.2, -0.15) is 0 Å². The van der Waals surface area contributed by atoms with E-state index in [-0.39, 0.29) is 0 Å². The van der Waals surface area contributed by atoms with Crippen LogP contribution >= 0.6 is 0 Å². The molecule has 0 aliphatic rings. The lowest BCUT2D eigenvalue weighted by molar-refractivity contribution is 1.10. The van der Waals surface area contributed by atoms with Crippen molar-refractivity contribution in [3.63, 3.8) is 0 Å². The third kappa shape index (κ3) is 4.86. The van der Waals surface area contributed by atoms with Crippen LogP contribution in [-0.2, 0) is 0 Å². The second kappa shape index (κ2) is 11.6. The van der Waals surface area contributed by atoms with Crippen molar-refractivity contribution in [3.8, 4) is 56.4 Å².